The number of fused-ring (bicyclic) bond motifs is 3. The van der Waals surface area contributed by atoms with Crippen molar-refractivity contribution < 1.29 is 33.4 Å². The highest BCUT2D eigenvalue weighted by Gasteiger charge is 2.79. The second-order valence-corrected chi connectivity index (χ2v) is 7.83. The summed E-state index contributed by atoms with van der Waals surface area (Å²) in [6, 6.07) is 15.5. The van der Waals surface area contributed by atoms with E-state index in [1.807, 2.05) is 0 Å². The maximum atomic E-state index is 13.9. The van der Waals surface area contributed by atoms with Crippen LogP contribution in [0.1, 0.15) is 39.7 Å². The van der Waals surface area contributed by atoms with Crippen LogP contribution in [0.15, 0.2) is 54.6 Å². The normalized spacial score (nSPS) is 25.3. The fraction of sp³-hybridized carbons (Fsp3) is 0.333. The Balaban J connectivity index is 2.13. The van der Waals surface area contributed by atoms with Crippen LogP contribution in [0.5, 0.6) is 0 Å². The van der Waals surface area contributed by atoms with Crippen molar-refractivity contribution in [3.63, 3.8) is 0 Å². The first-order valence-corrected chi connectivity index (χ1v) is 9.85. The topological polar surface area (TPSA) is 96.0 Å². The summed E-state index contributed by atoms with van der Waals surface area (Å²) in [5, 5.41) is 0. The number of methoxy groups -OCH3 is 3. The van der Waals surface area contributed by atoms with E-state index in [9.17, 15) is 19.2 Å². The third-order valence-electron chi connectivity index (χ3n) is 6.74. The van der Waals surface area contributed by atoms with Crippen LogP contribution in [-0.2, 0) is 28.6 Å². The molecule has 0 heterocycles. The van der Waals surface area contributed by atoms with Crippen LogP contribution < -0.4 is 0 Å². The van der Waals surface area contributed by atoms with Gasteiger partial charge in [-0.1, -0.05) is 54.6 Å². The summed E-state index contributed by atoms with van der Waals surface area (Å²) >= 11 is 0. The number of carbonyl (C=O) groups excluding carboxylic acids is 4. The summed E-state index contributed by atoms with van der Waals surface area (Å²) in [6.07, 6.45) is -0.129. The minimum absolute atomic E-state index is 0.129. The smallest absolute Gasteiger partial charge is 0.323 e. The molecule has 2 aromatic rings. The van der Waals surface area contributed by atoms with E-state index in [4.69, 9.17) is 14.2 Å². The van der Waals surface area contributed by atoms with Gasteiger partial charge in [-0.25, -0.2) is 0 Å². The number of hydrogen-bond acceptors (Lipinski definition) is 7. The van der Waals surface area contributed by atoms with E-state index >= 15 is 0 Å². The van der Waals surface area contributed by atoms with Gasteiger partial charge in [0.1, 0.15) is 5.41 Å². The van der Waals surface area contributed by atoms with E-state index in [0.717, 1.165) is 0 Å². The van der Waals surface area contributed by atoms with Crippen molar-refractivity contribution in [3.8, 4) is 0 Å². The van der Waals surface area contributed by atoms with E-state index in [-0.39, 0.29) is 12.0 Å². The standard InChI is InChI=1S/C24H22O7/c1-29-20(26)23(21(27)30-2)13-17(14-9-5-4-6-10-14)24(22(28)31-3)18(23)15-11-7-8-12-16(15)19(24)25/h4-12,17-18H,13H2,1-3H3/t17?,18-,24-/m0/s1. The zero-order valence-corrected chi connectivity index (χ0v) is 17.4. The summed E-state index contributed by atoms with van der Waals surface area (Å²) < 4.78 is 15.3. The predicted molar refractivity (Wildman–Crippen MR) is 108 cm³/mol. The highest BCUT2D eigenvalue weighted by Crippen LogP contribution is 2.71. The first kappa shape index (κ1) is 20.8. The Morgan fingerprint density at radius 1 is 0.806 bits per heavy atom. The third-order valence-corrected chi connectivity index (χ3v) is 6.74. The van der Waals surface area contributed by atoms with Gasteiger partial charge >= 0.3 is 17.9 Å². The Labute approximate surface area is 179 Å². The molecule has 2 aromatic carbocycles. The Morgan fingerprint density at radius 3 is 1.94 bits per heavy atom. The molecule has 0 amide bonds. The highest BCUT2D eigenvalue weighted by molar-refractivity contribution is 6.21. The fourth-order valence-electron chi connectivity index (χ4n) is 5.61. The molecular weight excluding hydrogens is 400 g/mol. The van der Waals surface area contributed by atoms with E-state index in [1.54, 1.807) is 54.6 Å². The number of ether oxygens (including phenoxy) is 3. The lowest BCUT2D eigenvalue weighted by Crippen LogP contribution is -2.48. The first-order valence-electron chi connectivity index (χ1n) is 9.85. The highest BCUT2D eigenvalue weighted by atomic mass is 16.5. The lowest BCUT2D eigenvalue weighted by atomic mass is 9.66. The SMILES string of the molecule is COC(=O)C1(C(=O)OC)CC(c2ccccc2)[C@@]2(C(=O)OC)C(=O)c3ccccc3[C@@H]12. The van der Waals surface area contributed by atoms with Crippen molar-refractivity contribution in [2.45, 2.75) is 18.3 Å². The molecule has 2 aliphatic carbocycles. The number of carbonyl (C=O) groups is 4. The molecule has 0 N–H and O–H groups in total. The Bertz CT molecular complexity index is 1060. The van der Waals surface area contributed by atoms with Gasteiger partial charge in [-0.05, 0) is 17.5 Å². The number of esters is 3. The lowest BCUT2D eigenvalue weighted by Gasteiger charge is -2.34. The van der Waals surface area contributed by atoms with Crippen LogP contribution in [0.3, 0.4) is 0 Å². The molecule has 0 radical (unpaired) electrons. The molecule has 1 unspecified atom stereocenters. The monoisotopic (exact) mass is 422 g/mol. The molecule has 3 atom stereocenters. The molecule has 0 saturated heterocycles. The molecule has 0 aromatic heterocycles. The Kier molecular flexibility index (Phi) is 4.92. The van der Waals surface area contributed by atoms with Crippen LogP contribution in [0, 0.1) is 10.8 Å². The first-order chi connectivity index (χ1) is 14.9. The minimum atomic E-state index is -1.89. The molecule has 7 heteroatoms. The summed E-state index contributed by atoms with van der Waals surface area (Å²) in [6.45, 7) is 0. The van der Waals surface area contributed by atoms with Gasteiger partial charge in [0.05, 0.1) is 21.3 Å². The third kappa shape index (κ3) is 2.46. The van der Waals surface area contributed by atoms with Crippen molar-refractivity contribution in [2.24, 2.45) is 10.8 Å². The lowest BCUT2D eigenvalue weighted by molar-refractivity contribution is -0.171. The summed E-state index contributed by atoms with van der Waals surface area (Å²) in [5.74, 6) is -4.88. The molecule has 7 nitrogen and oxygen atoms in total. The number of ketones is 1. The largest absolute Gasteiger partial charge is 0.468 e. The van der Waals surface area contributed by atoms with E-state index < -0.39 is 46.4 Å². The molecule has 1 saturated carbocycles. The van der Waals surface area contributed by atoms with Crippen LogP contribution in [0.2, 0.25) is 0 Å². The van der Waals surface area contributed by atoms with Crippen molar-refractivity contribution >= 4 is 23.7 Å². The second kappa shape index (κ2) is 7.34. The molecule has 0 aliphatic heterocycles. The van der Waals surface area contributed by atoms with Crippen LogP contribution >= 0.6 is 0 Å². The molecular formula is C24H22O7. The van der Waals surface area contributed by atoms with Crippen molar-refractivity contribution in [3.05, 3.63) is 71.3 Å². The van der Waals surface area contributed by atoms with Gasteiger partial charge in [0.25, 0.3) is 0 Å². The number of rotatable bonds is 4. The molecule has 0 bridgehead atoms. The van der Waals surface area contributed by atoms with Crippen molar-refractivity contribution in [1.82, 2.24) is 0 Å². The maximum Gasteiger partial charge on any atom is 0.323 e. The Morgan fingerprint density at radius 2 is 1.35 bits per heavy atom. The zero-order chi connectivity index (χ0) is 22.4. The van der Waals surface area contributed by atoms with Crippen LogP contribution in [0.25, 0.3) is 0 Å². The van der Waals surface area contributed by atoms with E-state index in [1.165, 1.54) is 21.3 Å². The number of benzene rings is 2. The molecule has 4 rings (SSSR count). The van der Waals surface area contributed by atoms with Gasteiger partial charge in [0.2, 0.25) is 0 Å². The number of Topliss-reactive ketones (excluding diaryl/α,β-unsaturated/α-hetero) is 1. The van der Waals surface area contributed by atoms with Gasteiger partial charge in [-0.3, -0.25) is 19.2 Å². The maximum absolute atomic E-state index is 13.9. The molecule has 31 heavy (non-hydrogen) atoms. The van der Waals surface area contributed by atoms with Crippen molar-refractivity contribution in [2.75, 3.05) is 21.3 Å². The average Bonchev–Trinajstić information content (AvgIpc) is 3.29. The van der Waals surface area contributed by atoms with E-state index in [2.05, 4.69) is 0 Å². The van der Waals surface area contributed by atoms with Gasteiger partial charge in [0, 0.05) is 17.4 Å². The number of hydrogen-bond donors (Lipinski definition) is 0. The summed E-state index contributed by atoms with van der Waals surface area (Å²) in [5.41, 5.74) is -2.32. The molecule has 160 valence electrons. The van der Waals surface area contributed by atoms with Gasteiger partial charge in [-0.15, -0.1) is 0 Å². The Hall–Kier alpha value is -3.48. The molecule has 0 spiro atoms. The van der Waals surface area contributed by atoms with Gasteiger partial charge < -0.3 is 14.2 Å². The fourth-order valence-corrected chi connectivity index (χ4v) is 5.61. The summed E-state index contributed by atoms with van der Waals surface area (Å²) in [4.78, 5) is 53.8. The minimum Gasteiger partial charge on any atom is -0.468 e. The molecule has 1 fully saturated rings. The average molecular weight is 422 g/mol. The summed E-state index contributed by atoms with van der Waals surface area (Å²) in [7, 11) is 3.54. The van der Waals surface area contributed by atoms with Crippen LogP contribution in [0.4, 0.5) is 0 Å². The predicted octanol–water partition coefficient (Wildman–Crippen LogP) is 2.65. The van der Waals surface area contributed by atoms with E-state index in [0.29, 0.717) is 11.1 Å². The quantitative estimate of drug-likeness (QED) is 0.425. The molecule has 2 aliphatic rings. The van der Waals surface area contributed by atoms with Gasteiger partial charge in [-0.2, -0.15) is 0 Å². The zero-order valence-electron chi connectivity index (χ0n) is 17.4. The van der Waals surface area contributed by atoms with Crippen molar-refractivity contribution in [1.29, 1.82) is 0 Å². The van der Waals surface area contributed by atoms with Gasteiger partial charge in [0.15, 0.2) is 11.2 Å². The second-order valence-electron chi connectivity index (χ2n) is 7.83. The van der Waals surface area contributed by atoms with Crippen LogP contribution in [-0.4, -0.2) is 45.0 Å².